The molecule has 0 aliphatic heterocycles. The number of nitrogens with zero attached hydrogens (tertiary/aromatic N) is 1. The van der Waals surface area contributed by atoms with E-state index in [1.165, 1.54) is 13.2 Å². The van der Waals surface area contributed by atoms with Gasteiger partial charge in [-0.1, -0.05) is 6.42 Å². The molecule has 0 amide bonds. The molecule has 1 fully saturated rings. The number of nitrogens with one attached hydrogen (secondary N) is 1. The Morgan fingerprint density at radius 2 is 2.18 bits per heavy atom. The maximum absolute atomic E-state index is 12.4. The van der Waals surface area contributed by atoms with Crippen LogP contribution < -0.4 is 15.2 Å². The highest BCUT2D eigenvalue weighted by molar-refractivity contribution is 7.89. The first-order chi connectivity index (χ1) is 10.4. The van der Waals surface area contributed by atoms with Crippen molar-refractivity contribution in [3.63, 3.8) is 0 Å². The van der Waals surface area contributed by atoms with E-state index in [1.807, 2.05) is 0 Å². The van der Waals surface area contributed by atoms with E-state index >= 15 is 0 Å². The maximum atomic E-state index is 12.4. The van der Waals surface area contributed by atoms with Gasteiger partial charge in [-0.25, -0.2) is 13.1 Å². The molecular formula is C13H19N3O5S. The number of ether oxygens (including phenoxy) is 1. The maximum Gasteiger partial charge on any atom is 0.310 e. The molecule has 122 valence electrons. The van der Waals surface area contributed by atoms with E-state index in [0.29, 0.717) is 6.54 Å². The summed E-state index contributed by atoms with van der Waals surface area (Å²) in [6.07, 6.45) is 2.57. The van der Waals surface area contributed by atoms with Gasteiger partial charge in [0.05, 0.1) is 16.9 Å². The van der Waals surface area contributed by atoms with E-state index < -0.39 is 14.9 Å². The van der Waals surface area contributed by atoms with Crippen molar-refractivity contribution < 1.29 is 18.1 Å². The van der Waals surface area contributed by atoms with Gasteiger partial charge >= 0.3 is 5.69 Å². The molecule has 1 aliphatic rings. The van der Waals surface area contributed by atoms with Gasteiger partial charge in [0.15, 0.2) is 5.75 Å². The molecule has 1 saturated carbocycles. The lowest BCUT2D eigenvalue weighted by Crippen LogP contribution is -2.39. The van der Waals surface area contributed by atoms with Crippen molar-refractivity contribution in [2.75, 3.05) is 13.7 Å². The van der Waals surface area contributed by atoms with Crippen molar-refractivity contribution in [3.05, 3.63) is 28.3 Å². The predicted molar refractivity (Wildman–Crippen MR) is 80.2 cm³/mol. The summed E-state index contributed by atoms with van der Waals surface area (Å²) in [6, 6.07) is 3.29. The average molecular weight is 329 g/mol. The Labute approximate surface area is 128 Å². The van der Waals surface area contributed by atoms with Crippen molar-refractivity contribution in [3.8, 4) is 5.75 Å². The molecule has 3 N–H and O–H groups in total. The van der Waals surface area contributed by atoms with E-state index in [2.05, 4.69) is 4.72 Å². The second-order valence-electron chi connectivity index (χ2n) is 5.25. The molecule has 8 nitrogen and oxygen atoms in total. The molecule has 0 saturated heterocycles. The van der Waals surface area contributed by atoms with E-state index in [-0.39, 0.29) is 28.3 Å². The highest BCUT2D eigenvalue weighted by Gasteiger charge is 2.31. The van der Waals surface area contributed by atoms with Crippen molar-refractivity contribution in [2.24, 2.45) is 11.7 Å². The molecule has 1 aromatic rings. The first kappa shape index (κ1) is 16.7. The molecule has 0 bridgehead atoms. The third-order valence-electron chi connectivity index (χ3n) is 3.93. The van der Waals surface area contributed by atoms with Crippen molar-refractivity contribution in [2.45, 2.75) is 30.2 Å². The predicted octanol–water partition coefficient (Wildman–Crippen LogP) is 1.01. The minimum atomic E-state index is -3.77. The number of sulfonamides is 1. The average Bonchev–Trinajstić information content (AvgIpc) is 2.92. The Balaban J connectivity index is 2.28. The van der Waals surface area contributed by atoms with Crippen LogP contribution >= 0.6 is 0 Å². The standard InChI is InChI=1S/C13H19N3O5S/c1-21-13-7-10(5-6-12(13)16(17)18)22(19,20)15-11-4-2-3-9(11)8-14/h5-7,9,11,15H,2-4,8,14H2,1H3. The zero-order chi connectivity index (χ0) is 16.3. The zero-order valence-electron chi connectivity index (χ0n) is 12.2. The minimum Gasteiger partial charge on any atom is -0.490 e. The van der Waals surface area contributed by atoms with Gasteiger partial charge in [0.1, 0.15) is 0 Å². The van der Waals surface area contributed by atoms with Crippen molar-refractivity contribution in [1.29, 1.82) is 0 Å². The Bertz CT molecular complexity index is 662. The second-order valence-corrected chi connectivity index (χ2v) is 6.96. The van der Waals surface area contributed by atoms with Gasteiger partial charge in [0, 0.05) is 18.2 Å². The van der Waals surface area contributed by atoms with Crippen LogP contribution in [0.1, 0.15) is 19.3 Å². The Morgan fingerprint density at radius 3 is 2.77 bits per heavy atom. The van der Waals surface area contributed by atoms with Gasteiger partial charge in [0.25, 0.3) is 0 Å². The Morgan fingerprint density at radius 1 is 1.45 bits per heavy atom. The van der Waals surface area contributed by atoms with Crippen LogP contribution in [-0.2, 0) is 10.0 Å². The third-order valence-corrected chi connectivity index (χ3v) is 5.41. The molecule has 0 radical (unpaired) electrons. The van der Waals surface area contributed by atoms with Gasteiger partial charge in [-0.05, 0) is 31.4 Å². The minimum absolute atomic E-state index is 0.0578. The number of hydrogen-bond donors (Lipinski definition) is 2. The van der Waals surface area contributed by atoms with Gasteiger partial charge < -0.3 is 10.5 Å². The first-order valence-corrected chi connectivity index (χ1v) is 8.42. The van der Waals surface area contributed by atoms with Crippen molar-refractivity contribution >= 4 is 15.7 Å². The number of nitrogens with two attached hydrogens (primary N) is 1. The summed E-state index contributed by atoms with van der Waals surface area (Å²) < 4.78 is 32.4. The van der Waals surface area contributed by atoms with Crippen LogP contribution in [0.2, 0.25) is 0 Å². The van der Waals surface area contributed by atoms with E-state index in [4.69, 9.17) is 10.5 Å². The lowest BCUT2D eigenvalue weighted by molar-refractivity contribution is -0.385. The van der Waals surface area contributed by atoms with Crippen LogP contribution in [0.5, 0.6) is 5.75 Å². The summed E-state index contributed by atoms with van der Waals surface area (Å²) in [6.45, 7) is 0.427. The van der Waals surface area contributed by atoms with Crippen LogP contribution in [0.15, 0.2) is 23.1 Å². The topological polar surface area (TPSA) is 125 Å². The molecule has 9 heteroatoms. The first-order valence-electron chi connectivity index (χ1n) is 6.94. The lowest BCUT2D eigenvalue weighted by atomic mass is 10.1. The van der Waals surface area contributed by atoms with Crippen LogP contribution in [0.4, 0.5) is 5.69 Å². The molecule has 0 heterocycles. The quantitative estimate of drug-likeness (QED) is 0.593. The second kappa shape index (κ2) is 6.59. The van der Waals surface area contributed by atoms with Crippen LogP contribution in [0, 0.1) is 16.0 Å². The molecule has 1 aromatic carbocycles. The van der Waals surface area contributed by atoms with Crippen LogP contribution in [0.25, 0.3) is 0 Å². The molecule has 2 atom stereocenters. The number of methoxy groups -OCH3 is 1. The van der Waals surface area contributed by atoms with Gasteiger partial charge in [-0.3, -0.25) is 10.1 Å². The molecular weight excluding hydrogens is 310 g/mol. The molecule has 0 aromatic heterocycles. The number of benzene rings is 1. The van der Waals surface area contributed by atoms with Crippen molar-refractivity contribution in [1.82, 2.24) is 4.72 Å². The Kier molecular flexibility index (Phi) is 4.99. The summed E-state index contributed by atoms with van der Waals surface area (Å²) in [4.78, 5) is 10.2. The van der Waals surface area contributed by atoms with Crippen LogP contribution in [0.3, 0.4) is 0 Å². The number of nitro benzene ring substituents is 1. The smallest absolute Gasteiger partial charge is 0.310 e. The fourth-order valence-corrected chi connectivity index (χ4v) is 4.07. The summed E-state index contributed by atoms with van der Waals surface area (Å²) in [5, 5.41) is 10.8. The van der Waals surface area contributed by atoms with Gasteiger partial charge in [0.2, 0.25) is 10.0 Å². The monoisotopic (exact) mass is 329 g/mol. The Hall–Kier alpha value is -1.71. The molecule has 2 unspecified atom stereocenters. The highest BCUT2D eigenvalue weighted by atomic mass is 32.2. The molecule has 1 aliphatic carbocycles. The normalized spacial score (nSPS) is 21.7. The molecule has 0 spiro atoms. The van der Waals surface area contributed by atoms with E-state index in [0.717, 1.165) is 31.4 Å². The third kappa shape index (κ3) is 3.37. The summed E-state index contributed by atoms with van der Waals surface area (Å²) in [7, 11) is -2.51. The highest BCUT2D eigenvalue weighted by Crippen LogP contribution is 2.31. The number of nitro groups is 1. The van der Waals surface area contributed by atoms with E-state index in [9.17, 15) is 18.5 Å². The molecule has 22 heavy (non-hydrogen) atoms. The summed E-state index contributed by atoms with van der Waals surface area (Å²) in [5.41, 5.74) is 5.37. The van der Waals surface area contributed by atoms with Gasteiger partial charge in [-0.2, -0.15) is 0 Å². The fourth-order valence-electron chi connectivity index (χ4n) is 2.72. The summed E-state index contributed by atoms with van der Waals surface area (Å²) in [5.74, 6) is 0.0318. The van der Waals surface area contributed by atoms with E-state index in [1.54, 1.807) is 0 Å². The SMILES string of the molecule is COc1cc(S(=O)(=O)NC2CCCC2CN)ccc1[N+](=O)[O-]. The van der Waals surface area contributed by atoms with Gasteiger partial charge in [-0.15, -0.1) is 0 Å². The number of hydrogen-bond acceptors (Lipinski definition) is 6. The lowest BCUT2D eigenvalue weighted by Gasteiger charge is -2.19. The van der Waals surface area contributed by atoms with Crippen LogP contribution in [-0.4, -0.2) is 33.0 Å². The number of rotatable bonds is 6. The largest absolute Gasteiger partial charge is 0.490 e. The summed E-state index contributed by atoms with van der Waals surface area (Å²) >= 11 is 0. The molecule has 2 rings (SSSR count). The fraction of sp³-hybridized carbons (Fsp3) is 0.538. The zero-order valence-corrected chi connectivity index (χ0v) is 13.0.